The summed E-state index contributed by atoms with van der Waals surface area (Å²) < 4.78 is 2.05. The first-order valence-electron chi connectivity index (χ1n) is 7.17. The second kappa shape index (κ2) is 5.71. The number of piperazine rings is 1. The molecule has 1 saturated heterocycles. The number of nitrogens with one attached hydrogen (secondary N) is 1. The quantitative estimate of drug-likeness (QED) is 0.851. The maximum absolute atomic E-state index is 11.8. The molecule has 2 aromatic rings. The molecular weight excluding hydrogens is 284 g/mol. The first kappa shape index (κ1) is 14.4. The molecular formula is C15H20N4OS. The van der Waals surface area contributed by atoms with Gasteiger partial charge in [-0.2, -0.15) is 0 Å². The highest BCUT2D eigenvalue weighted by Gasteiger charge is 2.14. The Hall–Kier alpha value is -1.50. The Labute approximate surface area is 128 Å². The molecule has 0 bridgehead atoms. The highest BCUT2D eigenvalue weighted by Crippen LogP contribution is 2.16. The first-order valence-corrected chi connectivity index (χ1v) is 7.58. The molecule has 0 atom stereocenters. The van der Waals surface area contributed by atoms with Crippen molar-refractivity contribution in [2.75, 3.05) is 33.2 Å². The minimum atomic E-state index is -0.163. The maximum atomic E-state index is 11.8. The van der Waals surface area contributed by atoms with Crippen molar-refractivity contribution < 1.29 is 0 Å². The molecule has 21 heavy (non-hydrogen) atoms. The van der Waals surface area contributed by atoms with E-state index in [0.29, 0.717) is 4.64 Å². The third-order valence-corrected chi connectivity index (χ3v) is 4.66. The van der Waals surface area contributed by atoms with Gasteiger partial charge in [0, 0.05) is 45.2 Å². The zero-order valence-electron chi connectivity index (χ0n) is 12.4. The zero-order valence-corrected chi connectivity index (χ0v) is 13.2. The molecule has 1 aromatic heterocycles. The molecule has 0 saturated carbocycles. The van der Waals surface area contributed by atoms with Crippen LogP contribution in [0.25, 0.3) is 10.9 Å². The molecule has 5 nitrogen and oxygen atoms in total. The van der Waals surface area contributed by atoms with Crippen molar-refractivity contribution >= 4 is 23.1 Å². The van der Waals surface area contributed by atoms with E-state index in [9.17, 15) is 4.79 Å². The van der Waals surface area contributed by atoms with Crippen LogP contribution in [0.2, 0.25) is 0 Å². The summed E-state index contributed by atoms with van der Waals surface area (Å²) in [5, 5.41) is 0.925. The van der Waals surface area contributed by atoms with Crippen LogP contribution in [0.1, 0.15) is 5.56 Å². The van der Waals surface area contributed by atoms with Crippen LogP contribution in [0.4, 0.5) is 0 Å². The van der Waals surface area contributed by atoms with Crippen molar-refractivity contribution in [2.24, 2.45) is 7.05 Å². The van der Waals surface area contributed by atoms with Gasteiger partial charge in [0.05, 0.1) is 5.52 Å². The Bertz CT molecular complexity index is 771. The SMILES string of the molecule is CN1CCN(Cc2ccc3c(=S)n(C)c(=O)[nH]c3c2)CC1. The van der Waals surface area contributed by atoms with Gasteiger partial charge in [-0.3, -0.25) is 9.47 Å². The van der Waals surface area contributed by atoms with Gasteiger partial charge in [-0.05, 0) is 24.7 Å². The summed E-state index contributed by atoms with van der Waals surface area (Å²) in [6, 6.07) is 6.17. The number of aromatic amines is 1. The van der Waals surface area contributed by atoms with Crippen LogP contribution in [0.3, 0.4) is 0 Å². The highest BCUT2D eigenvalue weighted by atomic mass is 32.1. The monoisotopic (exact) mass is 304 g/mol. The van der Waals surface area contributed by atoms with Crippen molar-refractivity contribution in [3.05, 3.63) is 38.9 Å². The van der Waals surface area contributed by atoms with Crippen LogP contribution in [-0.4, -0.2) is 52.6 Å². The van der Waals surface area contributed by atoms with Gasteiger partial charge in [0.25, 0.3) is 0 Å². The van der Waals surface area contributed by atoms with Gasteiger partial charge in [0.1, 0.15) is 4.64 Å². The molecule has 1 aliphatic heterocycles. The topological polar surface area (TPSA) is 44.3 Å². The lowest BCUT2D eigenvalue weighted by molar-refractivity contribution is 0.148. The molecule has 0 aliphatic carbocycles. The Morgan fingerprint density at radius 3 is 2.62 bits per heavy atom. The summed E-state index contributed by atoms with van der Waals surface area (Å²) in [6.45, 7) is 5.30. The third-order valence-electron chi connectivity index (χ3n) is 4.17. The number of aromatic nitrogens is 2. The maximum Gasteiger partial charge on any atom is 0.326 e. The average Bonchev–Trinajstić information content (AvgIpc) is 2.47. The molecule has 1 N–H and O–H groups in total. The Morgan fingerprint density at radius 1 is 1.19 bits per heavy atom. The van der Waals surface area contributed by atoms with Gasteiger partial charge in [-0.15, -0.1) is 0 Å². The fourth-order valence-corrected chi connectivity index (χ4v) is 2.98. The van der Waals surface area contributed by atoms with E-state index in [2.05, 4.69) is 27.9 Å². The molecule has 0 radical (unpaired) electrons. The molecule has 1 aliphatic rings. The average molecular weight is 304 g/mol. The number of benzene rings is 1. The second-order valence-corrected chi connectivity index (χ2v) is 6.14. The number of likely N-dealkylation sites (N-methyl/N-ethyl adjacent to an activating group) is 1. The van der Waals surface area contributed by atoms with Gasteiger partial charge in [-0.25, -0.2) is 4.79 Å². The van der Waals surface area contributed by atoms with Crippen LogP contribution in [0.5, 0.6) is 0 Å². The Kier molecular flexibility index (Phi) is 3.93. The van der Waals surface area contributed by atoms with Crippen molar-refractivity contribution in [3.8, 4) is 0 Å². The molecule has 2 heterocycles. The summed E-state index contributed by atoms with van der Waals surface area (Å²) in [5.74, 6) is 0. The van der Waals surface area contributed by atoms with Crippen molar-refractivity contribution in [1.82, 2.24) is 19.4 Å². The summed E-state index contributed by atoms with van der Waals surface area (Å²) in [5.41, 5.74) is 1.88. The molecule has 1 fully saturated rings. The van der Waals surface area contributed by atoms with Gasteiger partial charge in [0.15, 0.2) is 0 Å². The largest absolute Gasteiger partial charge is 0.326 e. The Morgan fingerprint density at radius 2 is 1.90 bits per heavy atom. The van der Waals surface area contributed by atoms with E-state index in [1.807, 2.05) is 12.1 Å². The summed E-state index contributed by atoms with van der Waals surface area (Å²) >= 11 is 5.33. The van der Waals surface area contributed by atoms with Crippen LogP contribution in [0, 0.1) is 4.64 Å². The molecule has 3 rings (SSSR count). The normalized spacial score (nSPS) is 17.4. The van der Waals surface area contributed by atoms with Gasteiger partial charge in [-0.1, -0.05) is 18.3 Å². The van der Waals surface area contributed by atoms with Crippen LogP contribution < -0.4 is 5.69 Å². The number of rotatable bonds is 2. The number of fused-ring (bicyclic) bond motifs is 1. The molecule has 6 heteroatoms. The van der Waals surface area contributed by atoms with Gasteiger partial charge in [0.2, 0.25) is 0 Å². The standard InChI is InChI=1S/C15H20N4OS/c1-17-5-7-19(8-6-17)10-11-3-4-12-13(9-11)16-15(20)18(2)14(12)21/h3-4,9H,5-8,10H2,1-2H3,(H,16,20). The lowest BCUT2D eigenvalue weighted by Crippen LogP contribution is -2.43. The number of hydrogen-bond acceptors (Lipinski definition) is 4. The number of hydrogen-bond donors (Lipinski definition) is 1. The molecule has 0 unspecified atom stereocenters. The minimum Gasteiger partial charge on any atom is -0.307 e. The third kappa shape index (κ3) is 2.92. The lowest BCUT2D eigenvalue weighted by Gasteiger charge is -2.32. The Balaban J connectivity index is 1.89. The van der Waals surface area contributed by atoms with Crippen LogP contribution >= 0.6 is 12.2 Å². The molecule has 112 valence electrons. The summed E-state index contributed by atoms with van der Waals surface area (Å²) in [7, 11) is 3.85. The first-order chi connectivity index (χ1) is 10.0. The predicted molar refractivity (Wildman–Crippen MR) is 87.1 cm³/mol. The van der Waals surface area contributed by atoms with Crippen LogP contribution in [0.15, 0.2) is 23.0 Å². The van der Waals surface area contributed by atoms with E-state index in [0.717, 1.165) is 43.6 Å². The van der Waals surface area contributed by atoms with E-state index >= 15 is 0 Å². The second-order valence-electron chi connectivity index (χ2n) is 5.75. The van der Waals surface area contributed by atoms with E-state index in [4.69, 9.17) is 12.2 Å². The van der Waals surface area contributed by atoms with E-state index < -0.39 is 0 Å². The van der Waals surface area contributed by atoms with Gasteiger partial charge < -0.3 is 9.88 Å². The minimum absolute atomic E-state index is 0.163. The van der Waals surface area contributed by atoms with Crippen LogP contribution in [-0.2, 0) is 13.6 Å². The fraction of sp³-hybridized carbons (Fsp3) is 0.467. The van der Waals surface area contributed by atoms with Crippen molar-refractivity contribution in [3.63, 3.8) is 0 Å². The van der Waals surface area contributed by atoms with E-state index in [-0.39, 0.29) is 5.69 Å². The highest BCUT2D eigenvalue weighted by molar-refractivity contribution is 7.71. The van der Waals surface area contributed by atoms with Crippen molar-refractivity contribution in [1.29, 1.82) is 0 Å². The molecule has 0 amide bonds. The molecule has 1 aromatic carbocycles. The number of H-pyrrole nitrogens is 1. The smallest absolute Gasteiger partial charge is 0.307 e. The fourth-order valence-electron chi connectivity index (χ4n) is 2.72. The lowest BCUT2D eigenvalue weighted by atomic mass is 10.1. The van der Waals surface area contributed by atoms with Gasteiger partial charge >= 0.3 is 5.69 Å². The predicted octanol–water partition coefficient (Wildman–Crippen LogP) is 1.34. The molecule has 0 spiro atoms. The van der Waals surface area contributed by atoms with E-state index in [1.54, 1.807) is 7.05 Å². The zero-order chi connectivity index (χ0) is 15.0. The van der Waals surface area contributed by atoms with Crippen molar-refractivity contribution in [2.45, 2.75) is 6.54 Å². The van der Waals surface area contributed by atoms with E-state index in [1.165, 1.54) is 10.1 Å². The number of nitrogens with zero attached hydrogens (tertiary/aromatic N) is 3. The summed E-state index contributed by atoms with van der Waals surface area (Å²) in [6.07, 6.45) is 0. The summed E-state index contributed by atoms with van der Waals surface area (Å²) in [4.78, 5) is 19.5.